The first-order valence-corrected chi connectivity index (χ1v) is 8.23. The van der Waals surface area contributed by atoms with Crippen LogP contribution < -0.4 is 5.32 Å². The Balaban J connectivity index is 1.81. The zero-order valence-corrected chi connectivity index (χ0v) is 14.1. The summed E-state index contributed by atoms with van der Waals surface area (Å²) in [7, 11) is 0. The van der Waals surface area contributed by atoms with Gasteiger partial charge in [-0.25, -0.2) is 4.39 Å². The van der Waals surface area contributed by atoms with E-state index in [-0.39, 0.29) is 11.7 Å². The topological polar surface area (TPSA) is 52.9 Å². The van der Waals surface area contributed by atoms with Gasteiger partial charge in [0.25, 0.3) is 5.91 Å². The lowest BCUT2D eigenvalue weighted by Gasteiger charge is -2.16. The third-order valence-corrected chi connectivity index (χ3v) is 4.98. The van der Waals surface area contributed by atoms with Crippen molar-refractivity contribution in [2.45, 2.75) is 19.3 Å². The van der Waals surface area contributed by atoms with Crippen LogP contribution in [-0.2, 0) is 5.41 Å². The molecule has 0 fully saturated rings. The minimum absolute atomic E-state index is 0.275. The Kier molecular flexibility index (Phi) is 4.08. The van der Waals surface area contributed by atoms with Crippen LogP contribution in [0.25, 0.3) is 10.1 Å². The Labute approximate surface area is 143 Å². The number of rotatable bonds is 3. The normalized spacial score (nSPS) is 11.2. The maximum absolute atomic E-state index is 13.7. The van der Waals surface area contributed by atoms with Crippen LogP contribution in [0.15, 0.2) is 48.5 Å². The Morgan fingerprint density at radius 2 is 1.92 bits per heavy atom. The summed E-state index contributed by atoms with van der Waals surface area (Å²) in [6.07, 6.45) is 0. The summed E-state index contributed by atoms with van der Waals surface area (Å²) in [5.74, 6) is -0.603. The lowest BCUT2D eigenvalue weighted by molar-refractivity contribution is 0.103. The molecule has 1 N–H and O–H groups in total. The van der Waals surface area contributed by atoms with Crippen LogP contribution in [0.4, 0.5) is 10.1 Å². The summed E-state index contributed by atoms with van der Waals surface area (Å²) in [4.78, 5) is 12.8. The van der Waals surface area contributed by atoms with Gasteiger partial charge in [-0.2, -0.15) is 5.26 Å². The van der Waals surface area contributed by atoms with Gasteiger partial charge in [0.1, 0.15) is 5.82 Å². The molecule has 0 atom stereocenters. The molecule has 5 heteroatoms. The number of carbonyl (C=O) groups is 1. The van der Waals surface area contributed by atoms with Crippen LogP contribution in [0, 0.1) is 17.1 Å². The monoisotopic (exact) mass is 338 g/mol. The van der Waals surface area contributed by atoms with Crippen molar-refractivity contribution < 1.29 is 9.18 Å². The molecule has 3 rings (SSSR count). The highest BCUT2D eigenvalue weighted by Gasteiger charge is 2.19. The number of carbonyl (C=O) groups excluding carboxylic acids is 1. The Morgan fingerprint density at radius 3 is 2.54 bits per heavy atom. The minimum atomic E-state index is -0.578. The highest BCUT2D eigenvalue weighted by molar-refractivity contribution is 7.20. The molecular weight excluding hydrogens is 323 g/mol. The third kappa shape index (κ3) is 3.01. The molecule has 0 saturated carbocycles. The van der Waals surface area contributed by atoms with Crippen molar-refractivity contribution in [2.75, 3.05) is 5.32 Å². The van der Waals surface area contributed by atoms with Gasteiger partial charge < -0.3 is 5.32 Å². The van der Waals surface area contributed by atoms with Crippen molar-refractivity contribution in [3.63, 3.8) is 0 Å². The van der Waals surface area contributed by atoms with Gasteiger partial charge >= 0.3 is 0 Å². The number of halogens is 1. The highest BCUT2D eigenvalue weighted by atomic mass is 32.1. The van der Waals surface area contributed by atoms with Crippen LogP contribution in [0.2, 0.25) is 0 Å². The van der Waals surface area contributed by atoms with Crippen molar-refractivity contribution in [1.29, 1.82) is 5.26 Å². The van der Waals surface area contributed by atoms with Gasteiger partial charge in [-0.1, -0.05) is 18.2 Å². The summed E-state index contributed by atoms with van der Waals surface area (Å²) in [6.45, 7) is 3.68. The van der Waals surface area contributed by atoms with E-state index in [4.69, 9.17) is 5.26 Å². The summed E-state index contributed by atoms with van der Waals surface area (Å²) in [5.41, 5.74) is 0.938. The first-order chi connectivity index (χ1) is 11.4. The van der Waals surface area contributed by atoms with Crippen LogP contribution >= 0.6 is 11.3 Å². The lowest BCUT2D eigenvalue weighted by atomic mass is 9.86. The molecule has 0 saturated heterocycles. The smallest absolute Gasteiger partial charge is 0.265 e. The number of hydrogen-bond acceptors (Lipinski definition) is 3. The predicted molar refractivity (Wildman–Crippen MR) is 94.8 cm³/mol. The molecule has 3 nitrogen and oxygen atoms in total. The molecule has 0 bridgehead atoms. The van der Waals surface area contributed by atoms with Crippen LogP contribution in [0.5, 0.6) is 0 Å². The number of benzene rings is 2. The Morgan fingerprint density at radius 1 is 1.21 bits per heavy atom. The fourth-order valence-electron chi connectivity index (χ4n) is 2.36. The van der Waals surface area contributed by atoms with E-state index in [0.717, 1.165) is 10.3 Å². The number of anilines is 1. The van der Waals surface area contributed by atoms with E-state index in [2.05, 4.69) is 11.4 Å². The average Bonchev–Trinajstić information content (AvgIpc) is 3.01. The van der Waals surface area contributed by atoms with Gasteiger partial charge in [0.2, 0.25) is 0 Å². The third-order valence-electron chi connectivity index (χ3n) is 3.88. The zero-order valence-electron chi connectivity index (χ0n) is 13.3. The van der Waals surface area contributed by atoms with E-state index >= 15 is 0 Å². The van der Waals surface area contributed by atoms with Crippen LogP contribution in [0.3, 0.4) is 0 Å². The number of nitriles is 1. The van der Waals surface area contributed by atoms with Gasteiger partial charge in [0.05, 0.1) is 16.4 Å². The fourth-order valence-corrected chi connectivity index (χ4v) is 3.34. The molecule has 120 valence electrons. The maximum atomic E-state index is 13.7. The number of nitrogens with zero attached hydrogens (tertiary/aromatic N) is 1. The number of thiophene rings is 1. The van der Waals surface area contributed by atoms with Crippen molar-refractivity contribution in [3.8, 4) is 6.07 Å². The molecule has 0 aliphatic rings. The fraction of sp³-hybridized carbons (Fsp3) is 0.158. The van der Waals surface area contributed by atoms with Crippen molar-refractivity contribution in [1.82, 2.24) is 0 Å². The molecule has 24 heavy (non-hydrogen) atoms. The quantitative estimate of drug-likeness (QED) is 0.723. The Bertz CT molecular complexity index is 952. The van der Waals surface area contributed by atoms with E-state index in [0.29, 0.717) is 16.0 Å². The second kappa shape index (κ2) is 6.06. The summed E-state index contributed by atoms with van der Waals surface area (Å²) in [6, 6.07) is 15.8. The summed E-state index contributed by atoms with van der Waals surface area (Å²) < 4.78 is 14.5. The first-order valence-electron chi connectivity index (χ1n) is 7.42. The van der Waals surface area contributed by atoms with Crippen molar-refractivity contribution in [3.05, 3.63) is 64.8 Å². The van der Waals surface area contributed by atoms with Crippen molar-refractivity contribution in [2.24, 2.45) is 0 Å². The molecule has 0 unspecified atom stereocenters. The average molecular weight is 338 g/mol. The first kappa shape index (κ1) is 16.2. The van der Waals surface area contributed by atoms with Gasteiger partial charge in [0, 0.05) is 15.8 Å². The van der Waals surface area contributed by atoms with Gasteiger partial charge in [-0.3, -0.25) is 4.79 Å². The molecular formula is C19H15FN2OS. The molecule has 0 radical (unpaired) electrons. The van der Waals surface area contributed by atoms with Gasteiger partial charge in [0.15, 0.2) is 0 Å². The zero-order chi connectivity index (χ0) is 17.3. The summed E-state index contributed by atoms with van der Waals surface area (Å²) >= 11 is 1.25. The van der Waals surface area contributed by atoms with Gasteiger partial charge in [-0.15, -0.1) is 11.3 Å². The Hall–Kier alpha value is -2.71. The maximum Gasteiger partial charge on any atom is 0.265 e. The molecule has 0 aliphatic heterocycles. The summed E-state index contributed by atoms with van der Waals surface area (Å²) in [5, 5.41) is 12.4. The number of nitrogens with one attached hydrogen (secondary N) is 1. The molecule has 2 aromatic carbocycles. The van der Waals surface area contributed by atoms with Crippen LogP contribution in [0.1, 0.15) is 29.1 Å². The second-order valence-corrected chi connectivity index (χ2v) is 7.11. The van der Waals surface area contributed by atoms with E-state index < -0.39 is 5.41 Å². The molecule has 0 aliphatic carbocycles. The molecule has 3 aromatic rings. The second-order valence-electron chi connectivity index (χ2n) is 6.03. The van der Waals surface area contributed by atoms with Crippen molar-refractivity contribution >= 4 is 33.0 Å². The van der Waals surface area contributed by atoms with E-state index in [1.165, 1.54) is 17.4 Å². The number of amides is 1. The highest BCUT2D eigenvalue weighted by Crippen LogP contribution is 2.28. The van der Waals surface area contributed by atoms with E-state index in [1.807, 2.05) is 26.0 Å². The molecule has 1 heterocycles. The van der Waals surface area contributed by atoms with E-state index in [9.17, 15) is 9.18 Å². The SMILES string of the molecule is CC(C)(C#N)c1ccc(NC(=O)c2cc3c(F)cccc3s2)cc1. The molecule has 1 aromatic heterocycles. The lowest BCUT2D eigenvalue weighted by Crippen LogP contribution is -2.14. The standard InChI is InChI=1S/C19H15FN2OS/c1-19(2,11-21)12-6-8-13(9-7-12)22-18(23)17-10-14-15(20)4-3-5-16(14)24-17/h3-10H,1-2H3,(H,22,23). The molecule has 1 amide bonds. The van der Waals surface area contributed by atoms with Crippen LogP contribution in [-0.4, -0.2) is 5.91 Å². The molecule has 0 spiro atoms. The van der Waals surface area contributed by atoms with E-state index in [1.54, 1.807) is 30.3 Å². The predicted octanol–water partition coefficient (Wildman–Crippen LogP) is 5.09. The van der Waals surface area contributed by atoms with Gasteiger partial charge in [-0.05, 0) is 49.7 Å². The number of hydrogen-bond donors (Lipinski definition) is 1. The largest absolute Gasteiger partial charge is 0.321 e. The number of fused-ring (bicyclic) bond motifs is 1. The minimum Gasteiger partial charge on any atom is -0.321 e.